The molecule has 1 aliphatic rings. The minimum Gasteiger partial charge on any atom is -0.372 e. The predicted molar refractivity (Wildman–Crippen MR) is 62.7 cm³/mol. The van der Waals surface area contributed by atoms with Crippen LogP contribution in [0.2, 0.25) is 0 Å². The van der Waals surface area contributed by atoms with Crippen molar-refractivity contribution in [2.45, 2.75) is 26.7 Å². The van der Waals surface area contributed by atoms with Gasteiger partial charge in [-0.2, -0.15) is 0 Å². The van der Waals surface area contributed by atoms with Gasteiger partial charge in [0.05, 0.1) is 0 Å². The monoisotopic (exact) mass is 203 g/mol. The Labute approximate surface area is 90.9 Å². The van der Waals surface area contributed by atoms with Crippen molar-refractivity contribution in [3.05, 3.63) is 29.3 Å². The third kappa shape index (κ3) is 1.65. The number of hydrogen-bond donors (Lipinski definition) is 0. The molecule has 2 rings (SSSR count). The van der Waals surface area contributed by atoms with E-state index in [0.29, 0.717) is 12.2 Å². The summed E-state index contributed by atoms with van der Waals surface area (Å²) in [5, 5.41) is 0. The third-order valence-corrected chi connectivity index (χ3v) is 3.16. The van der Waals surface area contributed by atoms with Gasteiger partial charge in [-0.05, 0) is 31.9 Å². The van der Waals surface area contributed by atoms with Crippen molar-refractivity contribution in [2.24, 2.45) is 0 Å². The molecule has 0 bridgehead atoms. The summed E-state index contributed by atoms with van der Waals surface area (Å²) in [5.41, 5.74) is 3.45. The van der Waals surface area contributed by atoms with Gasteiger partial charge in [0.15, 0.2) is 5.78 Å². The molecule has 0 saturated heterocycles. The lowest BCUT2D eigenvalue weighted by Gasteiger charge is -2.23. The number of Topliss-reactive ketones (excluding diaryl/α,β-unsaturated/α-hetero) is 1. The van der Waals surface area contributed by atoms with E-state index in [1.807, 2.05) is 12.1 Å². The summed E-state index contributed by atoms with van der Waals surface area (Å²) in [6, 6.07) is 6.08. The SMILES string of the molecule is CCN(CC)c1cccc2c1CCC2=O. The quantitative estimate of drug-likeness (QED) is 0.752. The van der Waals surface area contributed by atoms with Crippen molar-refractivity contribution in [2.75, 3.05) is 18.0 Å². The molecule has 0 unspecified atom stereocenters. The highest BCUT2D eigenvalue weighted by atomic mass is 16.1. The number of carbonyl (C=O) groups excluding carboxylic acids is 1. The van der Waals surface area contributed by atoms with E-state index in [4.69, 9.17) is 0 Å². The van der Waals surface area contributed by atoms with Crippen LogP contribution in [0.1, 0.15) is 36.2 Å². The summed E-state index contributed by atoms with van der Waals surface area (Å²) in [6.45, 7) is 6.31. The van der Waals surface area contributed by atoms with Crippen LogP contribution in [0, 0.1) is 0 Å². The minimum atomic E-state index is 0.305. The van der Waals surface area contributed by atoms with Gasteiger partial charge in [-0.3, -0.25) is 4.79 Å². The van der Waals surface area contributed by atoms with Gasteiger partial charge >= 0.3 is 0 Å². The summed E-state index contributed by atoms with van der Waals surface area (Å²) in [4.78, 5) is 13.9. The van der Waals surface area contributed by atoms with E-state index in [-0.39, 0.29) is 0 Å². The van der Waals surface area contributed by atoms with Crippen LogP contribution < -0.4 is 4.90 Å². The number of fused-ring (bicyclic) bond motifs is 1. The van der Waals surface area contributed by atoms with Gasteiger partial charge in [-0.25, -0.2) is 0 Å². The topological polar surface area (TPSA) is 20.3 Å². The zero-order valence-electron chi connectivity index (χ0n) is 9.42. The number of rotatable bonds is 3. The molecule has 0 heterocycles. The van der Waals surface area contributed by atoms with Crippen molar-refractivity contribution in [1.29, 1.82) is 0 Å². The molecule has 0 aromatic heterocycles. The average molecular weight is 203 g/mol. The number of carbonyl (C=O) groups is 1. The maximum Gasteiger partial charge on any atom is 0.163 e. The molecular formula is C13H17NO. The van der Waals surface area contributed by atoms with E-state index < -0.39 is 0 Å². The van der Waals surface area contributed by atoms with Crippen LogP contribution in [-0.2, 0) is 6.42 Å². The first kappa shape index (κ1) is 10.2. The summed E-state index contributed by atoms with van der Waals surface area (Å²) in [5.74, 6) is 0.305. The Hall–Kier alpha value is -1.31. The third-order valence-electron chi connectivity index (χ3n) is 3.16. The van der Waals surface area contributed by atoms with Crippen LogP contribution in [0.4, 0.5) is 5.69 Å². The molecule has 1 aliphatic carbocycles. The molecule has 2 heteroatoms. The predicted octanol–water partition coefficient (Wildman–Crippen LogP) is 2.66. The van der Waals surface area contributed by atoms with Gasteiger partial charge in [0.2, 0.25) is 0 Å². The minimum absolute atomic E-state index is 0.305. The van der Waals surface area contributed by atoms with Gasteiger partial charge in [0.1, 0.15) is 0 Å². The lowest BCUT2D eigenvalue weighted by Crippen LogP contribution is -2.23. The molecule has 0 fully saturated rings. The van der Waals surface area contributed by atoms with Crippen LogP contribution in [0.15, 0.2) is 18.2 Å². The second-order valence-corrected chi connectivity index (χ2v) is 3.90. The molecule has 2 nitrogen and oxygen atoms in total. The van der Waals surface area contributed by atoms with Crippen LogP contribution in [0.3, 0.4) is 0 Å². The molecule has 15 heavy (non-hydrogen) atoms. The molecule has 0 spiro atoms. The fraction of sp³-hybridized carbons (Fsp3) is 0.462. The second kappa shape index (κ2) is 4.05. The molecule has 0 saturated carbocycles. The van der Waals surface area contributed by atoms with E-state index in [1.54, 1.807) is 0 Å². The number of anilines is 1. The molecule has 80 valence electrons. The summed E-state index contributed by atoms with van der Waals surface area (Å²) < 4.78 is 0. The lowest BCUT2D eigenvalue weighted by molar-refractivity contribution is 0.0994. The lowest BCUT2D eigenvalue weighted by atomic mass is 10.1. The molecule has 1 aromatic carbocycles. The molecular weight excluding hydrogens is 186 g/mol. The first-order valence-corrected chi connectivity index (χ1v) is 5.68. The van der Waals surface area contributed by atoms with E-state index in [1.165, 1.54) is 11.3 Å². The van der Waals surface area contributed by atoms with E-state index >= 15 is 0 Å². The number of hydrogen-bond acceptors (Lipinski definition) is 2. The molecule has 0 amide bonds. The smallest absolute Gasteiger partial charge is 0.163 e. The molecule has 0 N–H and O–H groups in total. The van der Waals surface area contributed by atoms with Crippen LogP contribution in [-0.4, -0.2) is 18.9 Å². The van der Waals surface area contributed by atoms with Gasteiger partial charge in [-0.15, -0.1) is 0 Å². The molecule has 0 radical (unpaired) electrons. The molecule has 0 aliphatic heterocycles. The van der Waals surface area contributed by atoms with E-state index in [9.17, 15) is 4.79 Å². The Bertz CT molecular complexity index is 380. The van der Waals surface area contributed by atoms with Crippen molar-refractivity contribution in [3.8, 4) is 0 Å². The van der Waals surface area contributed by atoms with Crippen molar-refractivity contribution >= 4 is 11.5 Å². The highest BCUT2D eigenvalue weighted by Crippen LogP contribution is 2.31. The van der Waals surface area contributed by atoms with Gasteiger partial charge in [0.25, 0.3) is 0 Å². The van der Waals surface area contributed by atoms with Crippen molar-refractivity contribution < 1.29 is 4.79 Å². The molecule has 1 aromatic rings. The van der Waals surface area contributed by atoms with Gasteiger partial charge < -0.3 is 4.90 Å². The number of ketones is 1. The summed E-state index contributed by atoms with van der Waals surface area (Å²) >= 11 is 0. The maximum absolute atomic E-state index is 11.6. The number of nitrogens with zero attached hydrogens (tertiary/aromatic N) is 1. The first-order valence-electron chi connectivity index (χ1n) is 5.68. The van der Waals surface area contributed by atoms with Gasteiger partial charge in [-0.1, -0.05) is 12.1 Å². The Morgan fingerprint density at radius 3 is 2.60 bits per heavy atom. The zero-order chi connectivity index (χ0) is 10.8. The maximum atomic E-state index is 11.6. The Kier molecular flexibility index (Phi) is 2.76. The fourth-order valence-electron chi connectivity index (χ4n) is 2.33. The van der Waals surface area contributed by atoms with Crippen LogP contribution in [0.25, 0.3) is 0 Å². The van der Waals surface area contributed by atoms with Crippen LogP contribution >= 0.6 is 0 Å². The van der Waals surface area contributed by atoms with Crippen LogP contribution in [0.5, 0.6) is 0 Å². The summed E-state index contributed by atoms with van der Waals surface area (Å²) in [7, 11) is 0. The molecule has 0 atom stereocenters. The first-order chi connectivity index (χ1) is 7.27. The average Bonchev–Trinajstić information content (AvgIpc) is 2.64. The Morgan fingerprint density at radius 2 is 1.93 bits per heavy atom. The normalized spacial score (nSPS) is 14.1. The highest BCUT2D eigenvalue weighted by Gasteiger charge is 2.23. The second-order valence-electron chi connectivity index (χ2n) is 3.90. The summed E-state index contributed by atoms with van der Waals surface area (Å²) in [6.07, 6.45) is 1.61. The van der Waals surface area contributed by atoms with Crippen molar-refractivity contribution in [3.63, 3.8) is 0 Å². The van der Waals surface area contributed by atoms with E-state index in [2.05, 4.69) is 24.8 Å². The largest absolute Gasteiger partial charge is 0.372 e. The Balaban J connectivity index is 2.45. The van der Waals surface area contributed by atoms with Gasteiger partial charge in [0, 0.05) is 30.8 Å². The standard InChI is InChI=1S/C13H17NO/c1-3-14(4-2)12-7-5-6-11-10(12)8-9-13(11)15/h5-7H,3-4,8-9H2,1-2H3. The zero-order valence-corrected chi connectivity index (χ0v) is 9.42. The van der Waals surface area contributed by atoms with Crippen molar-refractivity contribution in [1.82, 2.24) is 0 Å². The number of benzene rings is 1. The fourth-order valence-corrected chi connectivity index (χ4v) is 2.33. The highest BCUT2D eigenvalue weighted by molar-refractivity contribution is 6.02. The van der Waals surface area contributed by atoms with E-state index in [0.717, 1.165) is 25.1 Å². The Morgan fingerprint density at radius 1 is 1.20 bits per heavy atom.